The summed E-state index contributed by atoms with van der Waals surface area (Å²) in [5, 5.41) is 5.81. The first kappa shape index (κ1) is 12.2. The molecule has 2 unspecified atom stereocenters. The monoisotopic (exact) mass is 314 g/mol. The number of nitrogens with one attached hydrogen (secondary N) is 1. The Morgan fingerprint density at radius 1 is 1.53 bits per heavy atom. The first-order chi connectivity index (χ1) is 8.22. The Balaban J connectivity index is 1.69. The fourth-order valence-corrected chi connectivity index (χ4v) is 4.24. The number of hydrogen-bond donors (Lipinski definition) is 1. The summed E-state index contributed by atoms with van der Waals surface area (Å²) in [5.41, 5.74) is 0. The van der Waals surface area contributed by atoms with Crippen molar-refractivity contribution in [2.75, 3.05) is 13.1 Å². The van der Waals surface area contributed by atoms with Crippen molar-refractivity contribution in [2.24, 2.45) is 5.92 Å². The van der Waals surface area contributed by atoms with Crippen LogP contribution in [0.15, 0.2) is 15.9 Å². The minimum absolute atomic E-state index is 0.633. The molecule has 1 N–H and O–H groups in total. The maximum absolute atomic E-state index is 3.63. The van der Waals surface area contributed by atoms with Crippen molar-refractivity contribution in [3.63, 3.8) is 0 Å². The molecular weight excluding hydrogens is 296 g/mol. The van der Waals surface area contributed by atoms with E-state index in [0.717, 1.165) is 18.5 Å². The topological polar surface area (TPSA) is 15.3 Å². The van der Waals surface area contributed by atoms with Crippen molar-refractivity contribution < 1.29 is 0 Å². The standard InChI is InChI=1S/C13H19BrN2S/c1-9-6-16(7-12-4-11(14)8-17-12)13(5-15-9)10-2-3-10/h4,8-10,13,15H,2-3,5-7H2,1H3. The molecule has 0 aromatic carbocycles. The summed E-state index contributed by atoms with van der Waals surface area (Å²) in [6, 6.07) is 3.67. The molecule has 0 radical (unpaired) electrons. The zero-order chi connectivity index (χ0) is 11.8. The Kier molecular flexibility index (Phi) is 3.57. The number of piperazine rings is 1. The molecule has 94 valence electrons. The van der Waals surface area contributed by atoms with Crippen LogP contribution >= 0.6 is 27.3 Å². The van der Waals surface area contributed by atoms with Crippen LogP contribution in [-0.2, 0) is 6.54 Å². The highest BCUT2D eigenvalue weighted by molar-refractivity contribution is 9.10. The van der Waals surface area contributed by atoms with Crippen LogP contribution in [0.2, 0.25) is 0 Å². The van der Waals surface area contributed by atoms with E-state index in [1.54, 1.807) is 0 Å². The number of halogens is 1. The van der Waals surface area contributed by atoms with E-state index in [1.807, 2.05) is 11.3 Å². The summed E-state index contributed by atoms with van der Waals surface area (Å²) in [5.74, 6) is 0.957. The van der Waals surface area contributed by atoms with Crippen LogP contribution in [0.5, 0.6) is 0 Å². The Labute approximate surface area is 116 Å². The maximum atomic E-state index is 3.63. The summed E-state index contributed by atoms with van der Waals surface area (Å²) in [6.07, 6.45) is 2.87. The molecule has 0 bridgehead atoms. The largest absolute Gasteiger partial charge is 0.311 e. The van der Waals surface area contributed by atoms with E-state index in [2.05, 4.69) is 44.5 Å². The lowest BCUT2D eigenvalue weighted by molar-refractivity contribution is 0.113. The fourth-order valence-electron chi connectivity index (χ4n) is 2.77. The van der Waals surface area contributed by atoms with Gasteiger partial charge in [-0.2, -0.15) is 0 Å². The Bertz CT molecular complexity index is 389. The van der Waals surface area contributed by atoms with Crippen molar-refractivity contribution in [1.82, 2.24) is 10.2 Å². The highest BCUT2D eigenvalue weighted by atomic mass is 79.9. The van der Waals surface area contributed by atoms with Gasteiger partial charge in [0, 0.05) is 46.4 Å². The fraction of sp³-hybridized carbons (Fsp3) is 0.692. The number of nitrogens with zero attached hydrogens (tertiary/aromatic N) is 1. The summed E-state index contributed by atoms with van der Waals surface area (Å²) >= 11 is 5.41. The van der Waals surface area contributed by atoms with Crippen LogP contribution in [-0.4, -0.2) is 30.1 Å². The molecule has 0 amide bonds. The normalized spacial score (nSPS) is 30.7. The molecule has 2 fully saturated rings. The molecule has 2 atom stereocenters. The second kappa shape index (κ2) is 5.00. The van der Waals surface area contributed by atoms with E-state index in [4.69, 9.17) is 0 Å². The van der Waals surface area contributed by atoms with Gasteiger partial charge in [0.15, 0.2) is 0 Å². The second-order valence-electron chi connectivity index (χ2n) is 5.37. The summed E-state index contributed by atoms with van der Waals surface area (Å²) < 4.78 is 1.23. The van der Waals surface area contributed by atoms with Gasteiger partial charge in [0.1, 0.15) is 0 Å². The van der Waals surface area contributed by atoms with Crippen LogP contribution in [0.25, 0.3) is 0 Å². The lowest BCUT2D eigenvalue weighted by Gasteiger charge is -2.39. The van der Waals surface area contributed by atoms with Crippen LogP contribution in [0.3, 0.4) is 0 Å². The van der Waals surface area contributed by atoms with Gasteiger partial charge >= 0.3 is 0 Å². The van der Waals surface area contributed by atoms with Gasteiger partial charge in [-0.05, 0) is 47.7 Å². The Morgan fingerprint density at radius 3 is 3.00 bits per heavy atom. The first-order valence-corrected chi connectivity index (χ1v) is 8.10. The third-order valence-electron chi connectivity index (χ3n) is 3.80. The molecule has 1 saturated carbocycles. The van der Waals surface area contributed by atoms with Gasteiger partial charge in [0.2, 0.25) is 0 Å². The molecule has 0 spiro atoms. The zero-order valence-corrected chi connectivity index (χ0v) is 12.6. The predicted molar refractivity (Wildman–Crippen MR) is 76.4 cm³/mol. The average Bonchev–Trinajstić information content (AvgIpc) is 3.04. The lowest BCUT2D eigenvalue weighted by Crippen LogP contribution is -2.55. The van der Waals surface area contributed by atoms with Gasteiger partial charge in [-0.15, -0.1) is 11.3 Å². The van der Waals surface area contributed by atoms with E-state index in [1.165, 1.54) is 35.3 Å². The smallest absolute Gasteiger partial charge is 0.0332 e. The lowest BCUT2D eigenvalue weighted by atomic mass is 10.1. The molecule has 1 saturated heterocycles. The van der Waals surface area contributed by atoms with Crippen molar-refractivity contribution in [3.8, 4) is 0 Å². The average molecular weight is 315 g/mol. The van der Waals surface area contributed by atoms with Crippen LogP contribution in [0.1, 0.15) is 24.6 Å². The third-order valence-corrected chi connectivity index (χ3v) is 5.48. The SMILES string of the molecule is CC1CN(Cc2cc(Br)cs2)C(C2CC2)CN1. The Morgan fingerprint density at radius 2 is 2.35 bits per heavy atom. The van der Waals surface area contributed by atoms with E-state index in [-0.39, 0.29) is 0 Å². The number of thiophene rings is 1. The van der Waals surface area contributed by atoms with Gasteiger partial charge in [0.05, 0.1) is 0 Å². The molecule has 2 heterocycles. The van der Waals surface area contributed by atoms with Crippen molar-refractivity contribution in [3.05, 3.63) is 20.8 Å². The highest BCUT2D eigenvalue weighted by Crippen LogP contribution is 2.37. The molecule has 1 aliphatic heterocycles. The molecule has 1 aliphatic carbocycles. The van der Waals surface area contributed by atoms with Gasteiger partial charge in [0.25, 0.3) is 0 Å². The minimum atomic E-state index is 0.633. The van der Waals surface area contributed by atoms with E-state index in [9.17, 15) is 0 Å². The van der Waals surface area contributed by atoms with Crippen LogP contribution in [0.4, 0.5) is 0 Å². The molecule has 3 rings (SSSR count). The molecular formula is C13H19BrN2S. The second-order valence-corrected chi connectivity index (χ2v) is 7.29. The zero-order valence-electron chi connectivity index (χ0n) is 10.2. The van der Waals surface area contributed by atoms with Crippen molar-refractivity contribution >= 4 is 27.3 Å². The quantitative estimate of drug-likeness (QED) is 0.922. The summed E-state index contributed by atoms with van der Waals surface area (Å²) in [7, 11) is 0. The van der Waals surface area contributed by atoms with E-state index >= 15 is 0 Å². The minimum Gasteiger partial charge on any atom is -0.311 e. The number of rotatable bonds is 3. The molecule has 1 aromatic rings. The molecule has 17 heavy (non-hydrogen) atoms. The van der Waals surface area contributed by atoms with E-state index < -0.39 is 0 Å². The molecule has 2 nitrogen and oxygen atoms in total. The first-order valence-electron chi connectivity index (χ1n) is 6.42. The van der Waals surface area contributed by atoms with Gasteiger partial charge in [-0.25, -0.2) is 0 Å². The third kappa shape index (κ3) is 2.92. The van der Waals surface area contributed by atoms with Crippen LogP contribution < -0.4 is 5.32 Å². The van der Waals surface area contributed by atoms with E-state index in [0.29, 0.717) is 6.04 Å². The molecule has 1 aromatic heterocycles. The van der Waals surface area contributed by atoms with Gasteiger partial charge in [-0.1, -0.05) is 0 Å². The Hall–Kier alpha value is 0.1000. The summed E-state index contributed by atoms with van der Waals surface area (Å²) in [4.78, 5) is 4.17. The van der Waals surface area contributed by atoms with Crippen molar-refractivity contribution in [2.45, 2.75) is 38.4 Å². The predicted octanol–water partition coefficient (Wildman–Crippen LogP) is 3.08. The number of hydrogen-bond acceptors (Lipinski definition) is 3. The van der Waals surface area contributed by atoms with Gasteiger partial charge in [-0.3, -0.25) is 4.90 Å². The van der Waals surface area contributed by atoms with Crippen molar-refractivity contribution in [1.29, 1.82) is 0 Å². The van der Waals surface area contributed by atoms with Gasteiger partial charge < -0.3 is 5.32 Å². The molecule has 4 heteroatoms. The maximum Gasteiger partial charge on any atom is 0.0332 e. The van der Waals surface area contributed by atoms with Crippen LogP contribution in [0, 0.1) is 5.92 Å². The summed E-state index contributed by atoms with van der Waals surface area (Å²) in [6.45, 7) is 5.79. The highest BCUT2D eigenvalue weighted by Gasteiger charge is 2.37. The molecule has 2 aliphatic rings.